The standard InChI is InChI=1S/C36H22N2OS2/c1-2-10-23-18-27-26(17-22(23)9-1)21-36(37-29-13-5-7-15-32(29)40-34(27)37)38-30-14-6-8-16-33(30)41-35(38)28-19-24-11-3-4-12-25(24)20-31(28)39-36/h1-20H,21H2/q+2. The third kappa shape index (κ3) is 2.87. The molecular formula is C36H22N2OS2+2. The van der Waals surface area contributed by atoms with Crippen molar-refractivity contribution in [3.63, 3.8) is 0 Å². The van der Waals surface area contributed by atoms with Gasteiger partial charge in [0.2, 0.25) is 11.0 Å². The van der Waals surface area contributed by atoms with Crippen molar-refractivity contribution in [1.29, 1.82) is 0 Å². The number of fused-ring (bicyclic) bond motifs is 14. The summed E-state index contributed by atoms with van der Waals surface area (Å²) >= 11 is 3.72. The van der Waals surface area contributed by atoms with Crippen LogP contribution in [0.15, 0.2) is 121 Å². The van der Waals surface area contributed by atoms with E-state index in [1.807, 2.05) is 22.7 Å². The van der Waals surface area contributed by atoms with E-state index in [1.165, 1.54) is 63.1 Å². The second-order valence-electron chi connectivity index (χ2n) is 11.0. The molecule has 1 atom stereocenters. The zero-order valence-corrected chi connectivity index (χ0v) is 23.5. The van der Waals surface area contributed by atoms with Crippen molar-refractivity contribution in [2.45, 2.75) is 12.3 Å². The lowest BCUT2D eigenvalue weighted by molar-refractivity contribution is -1.00. The lowest BCUT2D eigenvalue weighted by atomic mass is 9.92. The van der Waals surface area contributed by atoms with Crippen LogP contribution in [-0.2, 0) is 12.3 Å². The summed E-state index contributed by atoms with van der Waals surface area (Å²) < 4.78 is 15.0. The highest BCUT2D eigenvalue weighted by Crippen LogP contribution is 2.48. The molecule has 1 unspecified atom stereocenters. The SMILES string of the molecule is c1ccc2cc3c(cc2c1)CC1(Oc2cc4ccccc4cc2-c2sc4ccccc4[n+]21)[n+]1c-3sc2ccccc21. The molecule has 0 bridgehead atoms. The van der Waals surface area contributed by atoms with E-state index >= 15 is 0 Å². The third-order valence-electron chi connectivity index (χ3n) is 8.70. The van der Waals surface area contributed by atoms with Gasteiger partial charge in [0.25, 0.3) is 10.0 Å². The summed E-state index contributed by atoms with van der Waals surface area (Å²) in [5.41, 5.74) is 6.16. The number of rotatable bonds is 0. The highest BCUT2D eigenvalue weighted by molar-refractivity contribution is 7.21. The molecule has 6 aromatic carbocycles. The summed E-state index contributed by atoms with van der Waals surface area (Å²) in [6.45, 7) is 0. The van der Waals surface area contributed by atoms with Crippen molar-refractivity contribution >= 4 is 64.7 Å². The van der Waals surface area contributed by atoms with Crippen molar-refractivity contribution in [3.05, 3.63) is 127 Å². The number of ether oxygens (including phenoxy) is 1. The molecule has 1 spiro atoms. The molecule has 3 nitrogen and oxygen atoms in total. The molecule has 0 amide bonds. The Hall–Kier alpha value is -4.58. The van der Waals surface area contributed by atoms with E-state index < -0.39 is 5.85 Å². The Labute approximate surface area is 243 Å². The fraction of sp³-hybridized carbons (Fsp3) is 0.0556. The number of nitrogens with zero attached hydrogens (tertiary/aromatic N) is 2. The summed E-state index contributed by atoms with van der Waals surface area (Å²) in [6.07, 6.45) is 0.718. The van der Waals surface area contributed by atoms with Crippen molar-refractivity contribution in [2.24, 2.45) is 0 Å². The summed E-state index contributed by atoms with van der Waals surface area (Å²) in [4.78, 5) is 0. The first kappa shape index (κ1) is 22.1. The highest BCUT2D eigenvalue weighted by atomic mass is 32.1. The molecule has 0 saturated heterocycles. The van der Waals surface area contributed by atoms with E-state index in [0.717, 1.165) is 17.7 Å². The number of thiazole rings is 2. The molecule has 192 valence electrons. The van der Waals surface area contributed by atoms with Gasteiger partial charge in [0.15, 0.2) is 6.42 Å². The van der Waals surface area contributed by atoms with Crippen LogP contribution in [-0.4, -0.2) is 0 Å². The Bertz CT molecular complexity index is 2230. The van der Waals surface area contributed by atoms with Gasteiger partial charge in [0.05, 0.1) is 5.56 Å². The molecule has 2 aliphatic heterocycles. The van der Waals surface area contributed by atoms with Crippen molar-refractivity contribution < 1.29 is 13.9 Å². The molecule has 0 saturated carbocycles. The van der Waals surface area contributed by atoms with Crippen LogP contribution >= 0.6 is 22.7 Å². The highest BCUT2D eigenvalue weighted by Gasteiger charge is 2.65. The Kier molecular flexibility index (Phi) is 4.21. The van der Waals surface area contributed by atoms with Crippen LogP contribution in [0, 0.1) is 0 Å². The minimum atomic E-state index is -0.797. The Morgan fingerprint density at radius 3 is 1.66 bits per heavy atom. The van der Waals surface area contributed by atoms with Crippen LogP contribution in [0.25, 0.3) is 63.1 Å². The Morgan fingerprint density at radius 2 is 1.02 bits per heavy atom. The molecule has 0 radical (unpaired) electrons. The van der Waals surface area contributed by atoms with Gasteiger partial charge in [0.1, 0.15) is 20.7 Å². The molecule has 0 aliphatic carbocycles. The van der Waals surface area contributed by atoms with Gasteiger partial charge < -0.3 is 4.74 Å². The first-order valence-corrected chi connectivity index (χ1v) is 15.5. The van der Waals surface area contributed by atoms with E-state index in [-0.39, 0.29) is 0 Å². The van der Waals surface area contributed by atoms with Crippen LogP contribution in [0.4, 0.5) is 0 Å². The number of hydrogen-bond donors (Lipinski definition) is 0. The smallest absolute Gasteiger partial charge is 0.377 e. The minimum absolute atomic E-state index is 0.718. The first-order chi connectivity index (χ1) is 20.3. The van der Waals surface area contributed by atoms with Crippen LogP contribution < -0.4 is 13.9 Å². The van der Waals surface area contributed by atoms with Crippen molar-refractivity contribution in [3.8, 4) is 26.9 Å². The normalized spacial score (nSPS) is 17.0. The van der Waals surface area contributed by atoms with Gasteiger partial charge >= 0.3 is 5.85 Å². The number of hydrogen-bond acceptors (Lipinski definition) is 3. The summed E-state index contributed by atoms with van der Waals surface area (Å²) in [5, 5.41) is 7.41. The minimum Gasteiger partial charge on any atom is -0.377 e. The van der Waals surface area contributed by atoms with Gasteiger partial charge in [-0.25, -0.2) is 0 Å². The molecular weight excluding hydrogens is 541 g/mol. The second-order valence-corrected chi connectivity index (χ2v) is 13.1. The average molecular weight is 563 g/mol. The van der Waals surface area contributed by atoms with E-state index in [0.29, 0.717) is 0 Å². The van der Waals surface area contributed by atoms with Crippen LogP contribution in [0.3, 0.4) is 0 Å². The fourth-order valence-corrected chi connectivity index (χ4v) is 9.40. The molecule has 10 rings (SSSR count). The zero-order chi connectivity index (χ0) is 26.7. The molecule has 8 aromatic rings. The second kappa shape index (κ2) is 7.78. The molecule has 4 heterocycles. The number of aromatic nitrogens is 2. The maximum absolute atomic E-state index is 7.46. The van der Waals surface area contributed by atoms with E-state index in [1.54, 1.807) is 0 Å². The molecule has 41 heavy (non-hydrogen) atoms. The topological polar surface area (TPSA) is 17.0 Å². The first-order valence-electron chi connectivity index (χ1n) is 13.9. The molecule has 5 heteroatoms. The summed E-state index contributed by atoms with van der Waals surface area (Å²) in [5.74, 6) is 0.141. The van der Waals surface area contributed by atoms with E-state index in [2.05, 4.69) is 130 Å². The number of benzene rings is 6. The third-order valence-corrected chi connectivity index (χ3v) is 11.0. The predicted molar refractivity (Wildman–Crippen MR) is 168 cm³/mol. The molecule has 2 aromatic heterocycles. The Morgan fingerprint density at radius 1 is 0.537 bits per heavy atom. The van der Waals surface area contributed by atoms with Crippen molar-refractivity contribution in [1.82, 2.24) is 0 Å². The summed E-state index contributed by atoms with van der Waals surface area (Å²) in [6, 6.07) is 44.1. The zero-order valence-electron chi connectivity index (χ0n) is 21.9. The maximum atomic E-state index is 7.46. The maximum Gasteiger partial charge on any atom is 0.532 e. The van der Waals surface area contributed by atoms with Gasteiger partial charge in [-0.2, -0.15) is 0 Å². The lowest BCUT2D eigenvalue weighted by Crippen LogP contribution is -2.80. The Balaban J connectivity index is 1.38. The van der Waals surface area contributed by atoms with Gasteiger partial charge in [-0.1, -0.05) is 105 Å². The summed E-state index contributed by atoms with van der Waals surface area (Å²) in [7, 11) is 0. The van der Waals surface area contributed by atoms with Gasteiger partial charge in [-0.15, -0.1) is 0 Å². The van der Waals surface area contributed by atoms with Crippen LogP contribution in [0.2, 0.25) is 0 Å². The average Bonchev–Trinajstić information content (AvgIpc) is 3.60. The largest absolute Gasteiger partial charge is 0.532 e. The molecule has 0 N–H and O–H groups in total. The van der Waals surface area contributed by atoms with Gasteiger partial charge in [-0.05, 0) is 63.5 Å². The van der Waals surface area contributed by atoms with Gasteiger partial charge in [0, 0.05) is 12.1 Å². The monoisotopic (exact) mass is 562 g/mol. The lowest BCUT2D eigenvalue weighted by Gasteiger charge is -2.31. The van der Waals surface area contributed by atoms with Crippen LogP contribution in [0.1, 0.15) is 5.56 Å². The predicted octanol–water partition coefficient (Wildman–Crippen LogP) is 8.44. The molecule has 0 fully saturated rings. The number of para-hydroxylation sites is 2. The fourth-order valence-electron chi connectivity index (χ4n) is 6.93. The quantitative estimate of drug-likeness (QED) is 0.170. The van der Waals surface area contributed by atoms with E-state index in [4.69, 9.17) is 4.74 Å². The van der Waals surface area contributed by atoms with Crippen LogP contribution in [0.5, 0.6) is 5.75 Å². The molecule has 2 aliphatic rings. The van der Waals surface area contributed by atoms with Gasteiger partial charge in [-0.3, -0.25) is 0 Å². The van der Waals surface area contributed by atoms with E-state index in [9.17, 15) is 0 Å². The van der Waals surface area contributed by atoms with Crippen molar-refractivity contribution in [2.75, 3.05) is 0 Å².